The highest BCUT2D eigenvalue weighted by Crippen LogP contribution is 2.36. The van der Waals surface area contributed by atoms with Crippen LogP contribution in [0.2, 0.25) is 5.02 Å². The van der Waals surface area contributed by atoms with Crippen molar-refractivity contribution in [1.29, 1.82) is 0 Å². The van der Waals surface area contributed by atoms with Crippen molar-refractivity contribution in [1.82, 2.24) is 9.80 Å². The molecule has 1 aliphatic rings. The average Bonchev–Trinajstić information content (AvgIpc) is 3.00. The maximum Gasteiger partial charge on any atom is 0.175 e. The Bertz CT molecular complexity index is 1060. The van der Waals surface area contributed by atoms with Crippen LogP contribution in [0.4, 0.5) is 5.69 Å². The van der Waals surface area contributed by atoms with Gasteiger partial charge in [-0.05, 0) is 36.3 Å². The fourth-order valence-electron chi connectivity index (χ4n) is 3.58. The first kappa shape index (κ1) is 24.6. The minimum Gasteiger partial charge on any atom is -0.495 e. The molecular weight excluding hydrogens is 470 g/mol. The van der Waals surface area contributed by atoms with Crippen LogP contribution in [0.25, 0.3) is 0 Å². The van der Waals surface area contributed by atoms with E-state index in [1.54, 1.807) is 38.5 Å². The Morgan fingerprint density at radius 3 is 2.38 bits per heavy atom. The van der Waals surface area contributed by atoms with Gasteiger partial charge in [0.15, 0.2) is 14.9 Å². The number of thiocarbonyl (C=S) groups is 1. The minimum atomic E-state index is -3.18. The Kier molecular flexibility index (Phi) is 8.21. The minimum absolute atomic E-state index is 0.342. The Balaban J connectivity index is 1.61. The summed E-state index contributed by atoms with van der Waals surface area (Å²) in [5.41, 5.74) is 1.79. The molecule has 2 aromatic carbocycles. The lowest BCUT2D eigenvalue weighted by Crippen LogP contribution is -2.37. The van der Waals surface area contributed by atoms with Gasteiger partial charge in [-0.2, -0.15) is 0 Å². The van der Waals surface area contributed by atoms with Gasteiger partial charge in [0.05, 0.1) is 29.8 Å². The smallest absolute Gasteiger partial charge is 0.175 e. The Hall–Kier alpha value is -2.07. The molecule has 32 heavy (non-hydrogen) atoms. The lowest BCUT2D eigenvalue weighted by atomic mass is 10.2. The van der Waals surface area contributed by atoms with Gasteiger partial charge in [0, 0.05) is 51.1 Å². The second-order valence-corrected chi connectivity index (χ2v) is 10.5. The number of benzene rings is 2. The molecule has 7 nitrogen and oxygen atoms in total. The third kappa shape index (κ3) is 6.25. The van der Waals surface area contributed by atoms with Crippen LogP contribution in [0, 0.1) is 0 Å². The van der Waals surface area contributed by atoms with E-state index in [0.29, 0.717) is 32.2 Å². The maximum absolute atomic E-state index is 11.6. The summed E-state index contributed by atoms with van der Waals surface area (Å²) in [5, 5.41) is 4.35. The monoisotopic (exact) mass is 497 g/mol. The number of nitrogens with zero attached hydrogens (tertiary/aromatic N) is 2. The van der Waals surface area contributed by atoms with Crippen LogP contribution in [-0.2, 0) is 16.4 Å². The highest BCUT2D eigenvalue weighted by atomic mass is 35.5. The summed E-state index contributed by atoms with van der Waals surface area (Å²) in [5.74, 6) is 1.13. The third-order valence-corrected chi connectivity index (χ3v) is 7.13. The van der Waals surface area contributed by atoms with Gasteiger partial charge in [-0.15, -0.1) is 0 Å². The molecule has 1 heterocycles. The maximum atomic E-state index is 11.6. The van der Waals surface area contributed by atoms with Crippen molar-refractivity contribution in [2.24, 2.45) is 0 Å². The first-order chi connectivity index (χ1) is 15.2. The van der Waals surface area contributed by atoms with E-state index in [1.807, 2.05) is 12.1 Å². The van der Waals surface area contributed by atoms with Crippen molar-refractivity contribution in [2.45, 2.75) is 17.9 Å². The summed E-state index contributed by atoms with van der Waals surface area (Å²) >= 11 is 11.9. The number of ether oxygens (including phenoxy) is 2. The number of hydrogen-bond donors (Lipinski definition) is 1. The summed E-state index contributed by atoms with van der Waals surface area (Å²) in [6, 6.07) is 10.6. The first-order valence-electron chi connectivity index (χ1n) is 10.2. The fraction of sp³-hybridized carbons (Fsp3) is 0.409. The van der Waals surface area contributed by atoms with Gasteiger partial charge in [-0.3, -0.25) is 4.90 Å². The van der Waals surface area contributed by atoms with E-state index < -0.39 is 9.84 Å². The van der Waals surface area contributed by atoms with Crippen LogP contribution in [-0.4, -0.2) is 70.0 Å². The molecule has 0 atom stereocenters. The van der Waals surface area contributed by atoms with E-state index in [4.69, 9.17) is 33.3 Å². The highest BCUT2D eigenvalue weighted by molar-refractivity contribution is 7.90. The van der Waals surface area contributed by atoms with E-state index in [9.17, 15) is 8.42 Å². The van der Waals surface area contributed by atoms with Gasteiger partial charge in [-0.25, -0.2) is 8.42 Å². The molecule has 3 rings (SSSR count). The van der Waals surface area contributed by atoms with Crippen molar-refractivity contribution in [3.63, 3.8) is 0 Å². The number of sulfone groups is 1. The standard InChI is InChI=1S/C22H28ClN3O4S2/c1-29-20-14-19(21(30-2)13-18(20)23)24-22(31)26-10-4-9-25(11-12-26)15-16-5-7-17(8-6-16)32(3,27)28/h5-8,13-14H,4,9-12,15H2,1-3H3,(H,24,31). The van der Waals surface area contributed by atoms with Crippen LogP contribution in [0.15, 0.2) is 41.3 Å². The van der Waals surface area contributed by atoms with Crippen LogP contribution in [0.3, 0.4) is 0 Å². The van der Waals surface area contributed by atoms with E-state index in [1.165, 1.54) is 6.26 Å². The van der Waals surface area contributed by atoms with Crippen molar-refractivity contribution in [3.05, 3.63) is 47.0 Å². The average molecular weight is 498 g/mol. The summed E-state index contributed by atoms with van der Waals surface area (Å²) in [4.78, 5) is 4.83. The molecule has 0 aromatic heterocycles. The first-order valence-corrected chi connectivity index (χ1v) is 12.9. The van der Waals surface area contributed by atoms with Gasteiger partial charge < -0.3 is 19.7 Å². The van der Waals surface area contributed by atoms with E-state index in [0.717, 1.165) is 44.7 Å². The molecule has 2 aromatic rings. The predicted molar refractivity (Wildman–Crippen MR) is 132 cm³/mol. The third-order valence-electron chi connectivity index (χ3n) is 5.35. The van der Waals surface area contributed by atoms with Crippen LogP contribution in [0.1, 0.15) is 12.0 Å². The summed E-state index contributed by atoms with van der Waals surface area (Å²) in [7, 11) is -0.0335. The van der Waals surface area contributed by atoms with Crippen molar-refractivity contribution >= 4 is 44.5 Å². The molecule has 1 N–H and O–H groups in total. The normalized spacial score (nSPS) is 15.2. The molecule has 0 spiro atoms. The topological polar surface area (TPSA) is 71.1 Å². The van der Waals surface area contributed by atoms with Crippen LogP contribution < -0.4 is 14.8 Å². The van der Waals surface area contributed by atoms with Gasteiger partial charge in [0.25, 0.3) is 0 Å². The molecule has 10 heteroatoms. The zero-order valence-corrected chi connectivity index (χ0v) is 20.8. The quantitative estimate of drug-likeness (QED) is 0.606. The molecule has 1 saturated heterocycles. The van der Waals surface area contributed by atoms with Gasteiger partial charge in [0.1, 0.15) is 11.5 Å². The van der Waals surface area contributed by atoms with Gasteiger partial charge >= 0.3 is 0 Å². The number of nitrogens with one attached hydrogen (secondary N) is 1. The SMILES string of the molecule is COc1cc(NC(=S)N2CCCN(Cc3ccc(S(C)(=O)=O)cc3)CC2)c(OC)cc1Cl. The number of hydrogen-bond acceptors (Lipinski definition) is 6. The summed E-state index contributed by atoms with van der Waals surface area (Å²) < 4.78 is 34.0. The second-order valence-electron chi connectivity index (χ2n) is 7.65. The van der Waals surface area contributed by atoms with Crippen LogP contribution in [0.5, 0.6) is 11.5 Å². The molecule has 0 unspecified atom stereocenters. The molecule has 0 bridgehead atoms. The number of methoxy groups -OCH3 is 2. The molecular formula is C22H28ClN3O4S2. The van der Waals surface area contributed by atoms with Crippen molar-refractivity contribution < 1.29 is 17.9 Å². The van der Waals surface area contributed by atoms with E-state index in [-0.39, 0.29) is 0 Å². The molecule has 0 aliphatic carbocycles. The van der Waals surface area contributed by atoms with E-state index >= 15 is 0 Å². The Labute approximate surface area is 200 Å². The largest absolute Gasteiger partial charge is 0.495 e. The highest BCUT2D eigenvalue weighted by Gasteiger charge is 2.19. The number of rotatable bonds is 6. The molecule has 174 valence electrons. The van der Waals surface area contributed by atoms with Crippen molar-refractivity contribution in [2.75, 3.05) is 52.0 Å². The van der Waals surface area contributed by atoms with E-state index in [2.05, 4.69) is 15.1 Å². The summed E-state index contributed by atoms with van der Waals surface area (Å²) in [6.07, 6.45) is 2.18. The van der Waals surface area contributed by atoms with Gasteiger partial charge in [0.2, 0.25) is 0 Å². The molecule has 0 amide bonds. The molecule has 1 aliphatic heterocycles. The van der Waals surface area contributed by atoms with Gasteiger partial charge in [-0.1, -0.05) is 23.7 Å². The van der Waals surface area contributed by atoms with Crippen LogP contribution >= 0.6 is 23.8 Å². The molecule has 0 radical (unpaired) electrons. The zero-order chi connectivity index (χ0) is 23.3. The lowest BCUT2D eigenvalue weighted by Gasteiger charge is -2.25. The summed E-state index contributed by atoms with van der Waals surface area (Å²) in [6.45, 7) is 4.16. The Morgan fingerprint density at radius 2 is 1.75 bits per heavy atom. The number of anilines is 1. The number of halogens is 1. The molecule has 0 saturated carbocycles. The van der Waals surface area contributed by atoms with Crippen molar-refractivity contribution in [3.8, 4) is 11.5 Å². The Morgan fingerprint density at radius 1 is 1.06 bits per heavy atom. The second kappa shape index (κ2) is 10.7. The predicted octanol–water partition coefficient (Wildman–Crippen LogP) is 3.67. The molecule has 1 fully saturated rings. The zero-order valence-electron chi connectivity index (χ0n) is 18.4. The fourth-order valence-corrected chi connectivity index (χ4v) is 4.74. The lowest BCUT2D eigenvalue weighted by molar-refractivity contribution is 0.278.